The third kappa shape index (κ3) is 3.39. The fraction of sp³-hybridized carbons (Fsp3) is 0.357. The number of ether oxygens (including phenoxy) is 1. The van der Waals surface area contributed by atoms with Crippen LogP contribution in [0.5, 0.6) is 0 Å². The van der Waals surface area contributed by atoms with Crippen molar-refractivity contribution in [1.82, 2.24) is 9.78 Å². The number of hydrogen-bond donors (Lipinski definition) is 1. The molecule has 19 heavy (non-hydrogen) atoms. The third-order valence-corrected chi connectivity index (χ3v) is 2.91. The Morgan fingerprint density at radius 3 is 2.74 bits per heavy atom. The summed E-state index contributed by atoms with van der Waals surface area (Å²) in [5, 5.41) is 4.10. The van der Waals surface area contributed by atoms with E-state index in [-0.39, 0.29) is 24.6 Å². The molecule has 0 spiro atoms. The molecule has 1 heterocycles. The van der Waals surface area contributed by atoms with Crippen molar-refractivity contribution < 1.29 is 9.13 Å². The second kappa shape index (κ2) is 5.95. The van der Waals surface area contributed by atoms with Crippen molar-refractivity contribution in [2.45, 2.75) is 25.7 Å². The van der Waals surface area contributed by atoms with E-state index in [9.17, 15) is 4.39 Å². The topological polar surface area (TPSA) is 53.1 Å². The van der Waals surface area contributed by atoms with Crippen molar-refractivity contribution >= 4 is 0 Å². The number of aromatic nitrogens is 2. The molecule has 102 valence electrons. The lowest BCUT2D eigenvalue weighted by Gasteiger charge is -2.20. The number of halogens is 1. The maximum atomic E-state index is 13.5. The smallest absolute Gasteiger partial charge is 0.128 e. The molecular formula is C14H18FN3O. The average molecular weight is 263 g/mol. The summed E-state index contributed by atoms with van der Waals surface area (Å²) in [5.74, 6) is -0.267. The van der Waals surface area contributed by atoms with Gasteiger partial charge in [-0.2, -0.15) is 5.10 Å². The van der Waals surface area contributed by atoms with E-state index in [0.29, 0.717) is 5.56 Å². The first-order chi connectivity index (χ1) is 9.08. The van der Waals surface area contributed by atoms with Gasteiger partial charge in [0.1, 0.15) is 11.9 Å². The highest BCUT2D eigenvalue weighted by Crippen LogP contribution is 2.22. The molecule has 0 bridgehead atoms. The van der Waals surface area contributed by atoms with Gasteiger partial charge >= 0.3 is 0 Å². The average Bonchev–Trinajstić information content (AvgIpc) is 2.78. The molecule has 0 aliphatic rings. The molecule has 0 saturated carbocycles. The Balaban J connectivity index is 2.08. The van der Waals surface area contributed by atoms with E-state index in [1.165, 1.54) is 6.07 Å². The van der Waals surface area contributed by atoms with Crippen molar-refractivity contribution in [3.05, 3.63) is 53.6 Å². The molecule has 1 aromatic carbocycles. The van der Waals surface area contributed by atoms with Gasteiger partial charge in [0.15, 0.2) is 0 Å². The molecule has 0 radical (unpaired) electrons. The van der Waals surface area contributed by atoms with Gasteiger partial charge in [-0.1, -0.05) is 18.2 Å². The Morgan fingerprint density at radius 2 is 2.16 bits per heavy atom. The normalized spacial score (nSPS) is 14.3. The molecule has 2 rings (SSSR count). The molecule has 5 heteroatoms. The molecule has 0 saturated heterocycles. The van der Waals surface area contributed by atoms with E-state index in [1.54, 1.807) is 29.1 Å². The fourth-order valence-electron chi connectivity index (χ4n) is 1.93. The number of nitrogens with two attached hydrogens (primary N) is 1. The highest BCUT2D eigenvalue weighted by Gasteiger charge is 2.19. The van der Waals surface area contributed by atoms with Crippen LogP contribution in [0.3, 0.4) is 0 Å². The van der Waals surface area contributed by atoms with E-state index in [4.69, 9.17) is 10.5 Å². The van der Waals surface area contributed by atoms with Crippen LogP contribution in [0.1, 0.15) is 24.2 Å². The quantitative estimate of drug-likeness (QED) is 0.899. The van der Waals surface area contributed by atoms with Crippen LogP contribution < -0.4 is 5.73 Å². The summed E-state index contributed by atoms with van der Waals surface area (Å²) in [5.41, 5.74) is 7.35. The lowest BCUT2D eigenvalue weighted by molar-refractivity contribution is 0.0244. The summed E-state index contributed by atoms with van der Waals surface area (Å²) >= 11 is 0. The van der Waals surface area contributed by atoms with E-state index < -0.39 is 0 Å². The minimum absolute atomic E-state index is 0.188. The van der Waals surface area contributed by atoms with Crippen molar-refractivity contribution in [2.75, 3.05) is 0 Å². The maximum Gasteiger partial charge on any atom is 0.128 e. The first-order valence-corrected chi connectivity index (χ1v) is 6.17. The van der Waals surface area contributed by atoms with Gasteiger partial charge in [0.05, 0.1) is 12.8 Å². The van der Waals surface area contributed by atoms with Gasteiger partial charge in [0, 0.05) is 30.4 Å². The van der Waals surface area contributed by atoms with E-state index >= 15 is 0 Å². The molecule has 0 aliphatic carbocycles. The Kier molecular flexibility index (Phi) is 4.29. The summed E-state index contributed by atoms with van der Waals surface area (Å²) in [4.78, 5) is 0. The zero-order valence-electron chi connectivity index (χ0n) is 11.1. The zero-order valence-corrected chi connectivity index (χ0v) is 11.1. The molecule has 4 nitrogen and oxygen atoms in total. The first-order valence-electron chi connectivity index (χ1n) is 6.17. The zero-order chi connectivity index (χ0) is 13.8. The van der Waals surface area contributed by atoms with E-state index in [0.717, 1.165) is 5.56 Å². The summed E-state index contributed by atoms with van der Waals surface area (Å²) in [6.45, 7) is 2.05. The largest absolute Gasteiger partial charge is 0.367 e. The van der Waals surface area contributed by atoms with Crippen LogP contribution in [-0.2, 0) is 18.4 Å². The predicted molar refractivity (Wildman–Crippen MR) is 70.8 cm³/mol. The van der Waals surface area contributed by atoms with Crippen LogP contribution in [0.25, 0.3) is 0 Å². The van der Waals surface area contributed by atoms with Gasteiger partial charge in [0.2, 0.25) is 0 Å². The van der Waals surface area contributed by atoms with Gasteiger partial charge in [-0.15, -0.1) is 0 Å². The van der Waals surface area contributed by atoms with Crippen LogP contribution in [0.15, 0.2) is 36.7 Å². The summed E-state index contributed by atoms with van der Waals surface area (Å²) in [7, 11) is 1.83. The number of nitrogens with zero attached hydrogens (tertiary/aromatic N) is 2. The van der Waals surface area contributed by atoms with Gasteiger partial charge in [-0.05, 0) is 13.0 Å². The van der Waals surface area contributed by atoms with Crippen molar-refractivity contribution in [3.8, 4) is 0 Å². The number of aryl methyl sites for hydroxylation is 1. The Labute approximate surface area is 112 Å². The highest BCUT2D eigenvalue weighted by atomic mass is 19.1. The molecular weight excluding hydrogens is 245 g/mol. The standard InChI is InChI=1S/C14H18FN3O/c1-10(16)14(12-7-17-18(2)8-12)19-9-11-5-3-4-6-13(11)15/h3-8,10,14H,9,16H2,1-2H3. The molecule has 0 fully saturated rings. The van der Waals surface area contributed by atoms with Gasteiger partial charge in [-0.3, -0.25) is 4.68 Å². The minimum Gasteiger partial charge on any atom is -0.367 e. The number of benzene rings is 1. The molecule has 1 aromatic heterocycles. The van der Waals surface area contributed by atoms with Crippen LogP contribution in [0, 0.1) is 5.82 Å². The van der Waals surface area contributed by atoms with E-state index in [2.05, 4.69) is 5.10 Å². The molecule has 0 amide bonds. The lowest BCUT2D eigenvalue weighted by atomic mass is 10.1. The SMILES string of the molecule is CC(N)C(OCc1ccccc1F)c1cnn(C)c1. The lowest BCUT2D eigenvalue weighted by Crippen LogP contribution is -2.26. The number of hydrogen-bond acceptors (Lipinski definition) is 3. The minimum atomic E-state index is -0.298. The van der Waals surface area contributed by atoms with Crippen LogP contribution in [0.4, 0.5) is 4.39 Å². The maximum absolute atomic E-state index is 13.5. The monoisotopic (exact) mass is 263 g/mol. The van der Waals surface area contributed by atoms with Crippen molar-refractivity contribution in [2.24, 2.45) is 12.8 Å². The van der Waals surface area contributed by atoms with E-state index in [1.807, 2.05) is 20.2 Å². The molecule has 2 aromatic rings. The van der Waals surface area contributed by atoms with Crippen LogP contribution in [0.2, 0.25) is 0 Å². The third-order valence-electron chi connectivity index (χ3n) is 2.91. The van der Waals surface area contributed by atoms with Gasteiger partial charge in [0.25, 0.3) is 0 Å². The van der Waals surface area contributed by atoms with Crippen molar-refractivity contribution in [3.63, 3.8) is 0 Å². The van der Waals surface area contributed by atoms with Gasteiger partial charge < -0.3 is 10.5 Å². The van der Waals surface area contributed by atoms with Crippen LogP contribution >= 0.6 is 0 Å². The predicted octanol–water partition coefficient (Wildman–Crippen LogP) is 2.16. The molecule has 2 N–H and O–H groups in total. The summed E-state index contributed by atoms with van der Waals surface area (Å²) < 4.78 is 21.0. The molecule has 0 aliphatic heterocycles. The number of rotatable bonds is 5. The van der Waals surface area contributed by atoms with Crippen LogP contribution in [-0.4, -0.2) is 15.8 Å². The highest BCUT2D eigenvalue weighted by molar-refractivity contribution is 5.17. The molecule has 2 unspecified atom stereocenters. The fourth-order valence-corrected chi connectivity index (χ4v) is 1.93. The van der Waals surface area contributed by atoms with Gasteiger partial charge in [-0.25, -0.2) is 4.39 Å². The second-order valence-corrected chi connectivity index (χ2v) is 4.63. The summed E-state index contributed by atoms with van der Waals surface area (Å²) in [6.07, 6.45) is 3.28. The first kappa shape index (κ1) is 13.7. The molecule has 2 atom stereocenters. The Hall–Kier alpha value is -1.72. The van der Waals surface area contributed by atoms with Crippen molar-refractivity contribution in [1.29, 1.82) is 0 Å². The Morgan fingerprint density at radius 1 is 1.42 bits per heavy atom. The Bertz CT molecular complexity index is 539. The summed E-state index contributed by atoms with van der Waals surface area (Å²) in [6, 6.07) is 6.37. The second-order valence-electron chi connectivity index (χ2n) is 4.63.